The Bertz CT molecular complexity index is 651. The van der Waals surface area contributed by atoms with Gasteiger partial charge in [0.25, 0.3) is 0 Å². The number of nitrogens with zero attached hydrogens (tertiary/aromatic N) is 2. The third-order valence-electron chi connectivity index (χ3n) is 2.55. The van der Waals surface area contributed by atoms with Crippen LogP contribution in [0.3, 0.4) is 0 Å². The van der Waals surface area contributed by atoms with Gasteiger partial charge in [-0.05, 0) is 12.1 Å². The number of halogens is 2. The quantitative estimate of drug-likeness (QED) is 0.941. The smallest absolute Gasteiger partial charge is 0.246 e. The highest BCUT2D eigenvalue weighted by Gasteiger charge is 2.26. The van der Waals surface area contributed by atoms with E-state index in [-0.39, 0.29) is 21.5 Å². The van der Waals surface area contributed by atoms with Crippen molar-refractivity contribution in [3.8, 4) is 0 Å². The molecule has 0 aliphatic rings. The van der Waals surface area contributed by atoms with Gasteiger partial charge in [0.15, 0.2) is 0 Å². The molecule has 1 aromatic carbocycles. The van der Waals surface area contributed by atoms with Crippen LogP contribution in [-0.2, 0) is 16.6 Å². The summed E-state index contributed by atoms with van der Waals surface area (Å²) in [4.78, 5) is -0.0793. The van der Waals surface area contributed by atoms with Crippen molar-refractivity contribution in [2.24, 2.45) is 0 Å². The molecule has 5 nitrogen and oxygen atoms in total. The van der Waals surface area contributed by atoms with Crippen LogP contribution in [0.1, 0.15) is 5.56 Å². The van der Waals surface area contributed by atoms with Crippen molar-refractivity contribution in [3.05, 3.63) is 46.2 Å². The van der Waals surface area contributed by atoms with E-state index in [0.29, 0.717) is 0 Å². The minimum atomic E-state index is -3.75. The molecule has 0 unspecified atom stereocenters. The summed E-state index contributed by atoms with van der Waals surface area (Å²) in [6, 6.07) is 4.58. The summed E-state index contributed by atoms with van der Waals surface area (Å²) >= 11 is 11.9. The summed E-state index contributed by atoms with van der Waals surface area (Å²) < 4.78 is 26.0. The summed E-state index contributed by atoms with van der Waals surface area (Å²) in [5, 5.41) is 6.60. The molecule has 1 aromatic heterocycles. The van der Waals surface area contributed by atoms with Crippen molar-refractivity contribution in [2.75, 3.05) is 7.05 Å². The van der Waals surface area contributed by atoms with Gasteiger partial charge in [-0.15, -0.1) is 0 Å². The molecular formula is C11H11Cl2N3O2S. The van der Waals surface area contributed by atoms with Crippen molar-refractivity contribution in [1.82, 2.24) is 14.5 Å². The van der Waals surface area contributed by atoms with E-state index >= 15 is 0 Å². The van der Waals surface area contributed by atoms with E-state index in [4.69, 9.17) is 23.2 Å². The summed E-state index contributed by atoms with van der Waals surface area (Å²) in [6.07, 6.45) is 3.18. The van der Waals surface area contributed by atoms with E-state index in [1.165, 1.54) is 23.5 Å². The Balaban J connectivity index is 2.37. The Morgan fingerprint density at radius 2 is 1.95 bits per heavy atom. The van der Waals surface area contributed by atoms with Gasteiger partial charge in [-0.1, -0.05) is 29.3 Å². The van der Waals surface area contributed by atoms with Crippen molar-refractivity contribution < 1.29 is 8.42 Å². The zero-order valence-electron chi connectivity index (χ0n) is 9.97. The summed E-state index contributed by atoms with van der Waals surface area (Å²) in [6.45, 7) is 0.181. The van der Waals surface area contributed by atoms with Crippen LogP contribution in [0.4, 0.5) is 0 Å². The highest BCUT2D eigenvalue weighted by atomic mass is 35.5. The molecular weight excluding hydrogens is 309 g/mol. The molecule has 19 heavy (non-hydrogen) atoms. The highest BCUT2D eigenvalue weighted by molar-refractivity contribution is 7.89. The van der Waals surface area contributed by atoms with Crippen molar-refractivity contribution in [3.63, 3.8) is 0 Å². The maximum absolute atomic E-state index is 12.4. The Morgan fingerprint density at radius 1 is 1.32 bits per heavy atom. The van der Waals surface area contributed by atoms with Gasteiger partial charge < -0.3 is 0 Å². The number of aromatic amines is 1. The number of hydrogen-bond donors (Lipinski definition) is 1. The first-order valence-corrected chi connectivity index (χ1v) is 7.50. The fraction of sp³-hybridized carbons (Fsp3) is 0.182. The largest absolute Gasteiger partial charge is 0.285 e. The fourth-order valence-corrected chi connectivity index (χ4v) is 3.83. The molecule has 0 radical (unpaired) electrons. The van der Waals surface area contributed by atoms with Gasteiger partial charge in [0.2, 0.25) is 10.0 Å². The molecule has 8 heteroatoms. The standard InChI is InChI=1S/C11H11Cl2N3O2S/c1-16(7-8-5-14-15-6-8)19(17,18)11-9(12)3-2-4-10(11)13/h2-6H,7H2,1H3,(H,14,15). The maximum atomic E-state index is 12.4. The second-order valence-electron chi connectivity index (χ2n) is 3.92. The lowest BCUT2D eigenvalue weighted by Crippen LogP contribution is -2.26. The molecule has 0 amide bonds. The van der Waals surface area contributed by atoms with E-state index in [0.717, 1.165) is 5.56 Å². The van der Waals surface area contributed by atoms with Crippen LogP contribution < -0.4 is 0 Å². The van der Waals surface area contributed by atoms with Crippen molar-refractivity contribution in [1.29, 1.82) is 0 Å². The number of H-pyrrole nitrogens is 1. The third-order valence-corrected chi connectivity index (χ3v) is 5.31. The number of hydrogen-bond acceptors (Lipinski definition) is 3. The van der Waals surface area contributed by atoms with Crippen LogP contribution in [0, 0.1) is 0 Å². The Morgan fingerprint density at radius 3 is 2.47 bits per heavy atom. The molecule has 0 bridgehead atoms. The van der Waals surface area contributed by atoms with Gasteiger partial charge in [0.05, 0.1) is 16.2 Å². The van der Waals surface area contributed by atoms with Crippen LogP contribution in [-0.4, -0.2) is 30.0 Å². The molecule has 0 saturated carbocycles. The van der Waals surface area contributed by atoms with E-state index < -0.39 is 10.0 Å². The maximum Gasteiger partial charge on any atom is 0.246 e. The van der Waals surface area contributed by atoms with Crippen LogP contribution in [0.5, 0.6) is 0 Å². The van der Waals surface area contributed by atoms with Gasteiger partial charge in [-0.3, -0.25) is 5.10 Å². The molecule has 102 valence electrons. The van der Waals surface area contributed by atoms with Gasteiger partial charge in [-0.25, -0.2) is 8.42 Å². The molecule has 2 rings (SSSR count). The average molecular weight is 320 g/mol. The van der Waals surface area contributed by atoms with Crippen molar-refractivity contribution >= 4 is 33.2 Å². The first kappa shape index (κ1) is 14.3. The topological polar surface area (TPSA) is 66.1 Å². The van der Waals surface area contributed by atoms with E-state index in [9.17, 15) is 8.42 Å². The number of sulfonamides is 1. The van der Waals surface area contributed by atoms with Crippen LogP contribution >= 0.6 is 23.2 Å². The molecule has 0 aliphatic heterocycles. The summed E-state index contributed by atoms with van der Waals surface area (Å²) in [7, 11) is -2.29. The van der Waals surface area contributed by atoms with Crippen LogP contribution in [0.25, 0.3) is 0 Å². The van der Waals surface area contributed by atoms with Gasteiger partial charge >= 0.3 is 0 Å². The number of aromatic nitrogens is 2. The molecule has 1 heterocycles. The molecule has 1 N–H and O–H groups in total. The minimum absolute atomic E-state index is 0.0793. The fourth-order valence-electron chi connectivity index (χ4n) is 1.59. The van der Waals surface area contributed by atoms with E-state index in [1.54, 1.807) is 18.5 Å². The number of nitrogens with one attached hydrogen (secondary N) is 1. The molecule has 0 aliphatic carbocycles. The SMILES string of the molecule is CN(Cc1cn[nH]c1)S(=O)(=O)c1c(Cl)cccc1Cl. The second-order valence-corrected chi connectivity index (χ2v) is 6.71. The molecule has 2 aromatic rings. The minimum Gasteiger partial charge on any atom is -0.285 e. The lowest BCUT2D eigenvalue weighted by atomic mass is 10.4. The van der Waals surface area contributed by atoms with Gasteiger partial charge in [-0.2, -0.15) is 9.40 Å². The highest BCUT2D eigenvalue weighted by Crippen LogP contribution is 2.31. The predicted molar refractivity (Wildman–Crippen MR) is 73.7 cm³/mol. The average Bonchev–Trinajstić information content (AvgIpc) is 2.81. The molecule has 0 saturated heterocycles. The van der Waals surface area contributed by atoms with Gasteiger partial charge in [0, 0.05) is 25.4 Å². The lowest BCUT2D eigenvalue weighted by Gasteiger charge is -2.18. The van der Waals surface area contributed by atoms with Crippen LogP contribution in [0.2, 0.25) is 10.0 Å². The van der Waals surface area contributed by atoms with Gasteiger partial charge in [0.1, 0.15) is 4.90 Å². The summed E-state index contributed by atoms with van der Waals surface area (Å²) in [5.74, 6) is 0. The first-order valence-electron chi connectivity index (χ1n) is 5.31. The molecule has 0 spiro atoms. The normalized spacial score (nSPS) is 12.0. The first-order chi connectivity index (χ1) is 8.93. The third kappa shape index (κ3) is 2.92. The van der Waals surface area contributed by atoms with Crippen LogP contribution in [0.15, 0.2) is 35.5 Å². The number of benzene rings is 1. The predicted octanol–water partition coefficient (Wildman–Crippen LogP) is 2.54. The summed E-state index contributed by atoms with van der Waals surface area (Å²) in [5.41, 5.74) is 0.745. The van der Waals surface area contributed by atoms with Crippen molar-refractivity contribution in [2.45, 2.75) is 11.4 Å². The monoisotopic (exact) mass is 319 g/mol. The zero-order valence-corrected chi connectivity index (χ0v) is 12.3. The zero-order chi connectivity index (χ0) is 14.0. The lowest BCUT2D eigenvalue weighted by molar-refractivity contribution is 0.467. The molecule has 0 atom stereocenters. The number of rotatable bonds is 4. The second kappa shape index (κ2) is 5.50. The molecule has 0 fully saturated rings. The van der Waals surface area contributed by atoms with E-state index in [1.807, 2.05) is 0 Å². The Labute approximate surface area is 121 Å². The Kier molecular flexibility index (Phi) is 4.15. The Hall–Kier alpha value is -1.08. The van der Waals surface area contributed by atoms with E-state index in [2.05, 4.69) is 10.2 Å².